The van der Waals surface area contributed by atoms with Crippen LogP contribution in [0.2, 0.25) is 0 Å². The zero-order valence-corrected chi connectivity index (χ0v) is 12.9. The number of benzene rings is 2. The number of halogens is 3. The number of alkyl halides is 3. The number of nitrogens with zero attached hydrogens (tertiary/aromatic N) is 1. The fourth-order valence-corrected chi connectivity index (χ4v) is 2.76. The SMILES string of the molecule is CN(C)c1ccc(-c2[nH]c3ccccc3c2CC(F)(F)F)cc1. The molecule has 0 aliphatic carbocycles. The Bertz CT molecular complexity index is 814. The van der Waals surface area contributed by atoms with E-state index in [0.29, 0.717) is 16.6 Å². The third kappa shape index (κ3) is 3.18. The van der Waals surface area contributed by atoms with Gasteiger partial charge in [-0.1, -0.05) is 30.3 Å². The van der Waals surface area contributed by atoms with E-state index in [4.69, 9.17) is 0 Å². The van der Waals surface area contributed by atoms with E-state index in [1.807, 2.05) is 49.3 Å². The Kier molecular flexibility index (Phi) is 3.80. The molecule has 1 heterocycles. The number of aromatic amines is 1. The van der Waals surface area contributed by atoms with Crippen molar-refractivity contribution in [3.63, 3.8) is 0 Å². The monoisotopic (exact) mass is 318 g/mol. The molecule has 0 unspecified atom stereocenters. The number of aromatic nitrogens is 1. The summed E-state index contributed by atoms with van der Waals surface area (Å²) in [7, 11) is 3.85. The van der Waals surface area contributed by atoms with Gasteiger partial charge in [0.05, 0.1) is 12.1 Å². The van der Waals surface area contributed by atoms with Gasteiger partial charge in [-0.15, -0.1) is 0 Å². The molecule has 0 spiro atoms. The average molecular weight is 318 g/mol. The molecule has 23 heavy (non-hydrogen) atoms. The number of hydrogen-bond donors (Lipinski definition) is 1. The van der Waals surface area contributed by atoms with E-state index in [2.05, 4.69) is 4.98 Å². The highest BCUT2D eigenvalue weighted by Crippen LogP contribution is 2.35. The zero-order chi connectivity index (χ0) is 16.6. The predicted octanol–water partition coefficient (Wildman–Crippen LogP) is 5.01. The van der Waals surface area contributed by atoms with Gasteiger partial charge in [0.25, 0.3) is 0 Å². The number of rotatable bonds is 3. The summed E-state index contributed by atoms with van der Waals surface area (Å²) in [6, 6.07) is 14.6. The maximum atomic E-state index is 13.0. The van der Waals surface area contributed by atoms with Crippen LogP contribution in [0, 0.1) is 0 Å². The quantitative estimate of drug-likeness (QED) is 0.719. The Morgan fingerprint density at radius 2 is 1.61 bits per heavy atom. The van der Waals surface area contributed by atoms with Crippen molar-refractivity contribution >= 4 is 16.6 Å². The van der Waals surface area contributed by atoms with Gasteiger partial charge >= 0.3 is 6.18 Å². The van der Waals surface area contributed by atoms with Gasteiger partial charge in [0.2, 0.25) is 0 Å². The molecule has 1 aromatic heterocycles. The zero-order valence-electron chi connectivity index (χ0n) is 12.9. The number of fused-ring (bicyclic) bond motifs is 1. The Morgan fingerprint density at radius 1 is 0.957 bits per heavy atom. The first-order valence-corrected chi connectivity index (χ1v) is 7.29. The van der Waals surface area contributed by atoms with Gasteiger partial charge in [0.1, 0.15) is 0 Å². The summed E-state index contributed by atoms with van der Waals surface area (Å²) >= 11 is 0. The van der Waals surface area contributed by atoms with Gasteiger partial charge in [-0.2, -0.15) is 13.2 Å². The van der Waals surface area contributed by atoms with E-state index < -0.39 is 12.6 Å². The van der Waals surface area contributed by atoms with Crippen LogP contribution in [0.25, 0.3) is 22.2 Å². The van der Waals surface area contributed by atoms with E-state index in [-0.39, 0.29) is 0 Å². The summed E-state index contributed by atoms with van der Waals surface area (Å²) in [5.41, 5.74) is 3.31. The average Bonchev–Trinajstić information content (AvgIpc) is 2.84. The Labute approximate surface area is 132 Å². The van der Waals surface area contributed by atoms with Crippen molar-refractivity contribution in [1.82, 2.24) is 4.98 Å². The van der Waals surface area contributed by atoms with Crippen molar-refractivity contribution in [1.29, 1.82) is 0 Å². The molecule has 0 amide bonds. The van der Waals surface area contributed by atoms with Crippen LogP contribution in [0.3, 0.4) is 0 Å². The normalized spacial score (nSPS) is 11.9. The molecule has 0 aliphatic rings. The molecule has 0 fully saturated rings. The fraction of sp³-hybridized carbons (Fsp3) is 0.222. The summed E-state index contributed by atoms with van der Waals surface area (Å²) in [5, 5.41) is 0.622. The standard InChI is InChI=1S/C18H17F3N2/c1-23(2)13-9-7-12(8-10-13)17-15(11-18(19,20)21)14-5-3-4-6-16(14)22-17/h3-10,22H,11H2,1-2H3. The molecule has 0 atom stereocenters. The second-order valence-corrected chi connectivity index (χ2v) is 5.76. The van der Waals surface area contributed by atoms with E-state index in [1.54, 1.807) is 18.2 Å². The lowest BCUT2D eigenvalue weighted by molar-refractivity contribution is -0.126. The van der Waals surface area contributed by atoms with Crippen LogP contribution >= 0.6 is 0 Å². The highest BCUT2D eigenvalue weighted by Gasteiger charge is 2.31. The number of para-hydroxylation sites is 1. The van der Waals surface area contributed by atoms with E-state index >= 15 is 0 Å². The van der Waals surface area contributed by atoms with Gasteiger partial charge in [0, 0.05) is 30.7 Å². The highest BCUT2D eigenvalue weighted by molar-refractivity contribution is 5.91. The molecule has 0 saturated carbocycles. The molecule has 1 N–H and O–H groups in total. The van der Waals surface area contributed by atoms with Crippen molar-refractivity contribution in [2.75, 3.05) is 19.0 Å². The molecule has 0 saturated heterocycles. The van der Waals surface area contributed by atoms with E-state index in [1.165, 1.54) is 0 Å². The van der Waals surface area contributed by atoms with Crippen LogP contribution in [0.5, 0.6) is 0 Å². The molecule has 2 nitrogen and oxygen atoms in total. The Hall–Kier alpha value is -2.43. The molecular weight excluding hydrogens is 301 g/mol. The van der Waals surface area contributed by atoms with Crippen molar-refractivity contribution in [2.24, 2.45) is 0 Å². The van der Waals surface area contributed by atoms with Crippen molar-refractivity contribution in [2.45, 2.75) is 12.6 Å². The lowest BCUT2D eigenvalue weighted by Gasteiger charge is -2.13. The molecule has 0 aliphatic heterocycles. The second kappa shape index (κ2) is 5.65. The fourth-order valence-electron chi connectivity index (χ4n) is 2.76. The Morgan fingerprint density at radius 3 is 2.22 bits per heavy atom. The van der Waals surface area contributed by atoms with Gasteiger partial charge in [-0.3, -0.25) is 0 Å². The van der Waals surface area contributed by atoms with Crippen molar-refractivity contribution < 1.29 is 13.2 Å². The maximum absolute atomic E-state index is 13.0. The molecule has 2 aromatic carbocycles. The maximum Gasteiger partial charge on any atom is 0.393 e. The minimum Gasteiger partial charge on any atom is -0.378 e. The molecule has 0 bridgehead atoms. The molecule has 3 aromatic rings. The third-order valence-corrected chi connectivity index (χ3v) is 3.86. The first kappa shape index (κ1) is 15.5. The number of hydrogen-bond acceptors (Lipinski definition) is 1. The van der Waals surface area contributed by atoms with Crippen LogP contribution in [-0.4, -0.2) is 25.3 Å². The van der Waals surface area contributed by atoms with Crippen LogP contribution in [0.4, 0.5) is 18.9 Å². The third-order valence-electron chi connectivity index (χ3n) is 3.86. The molecule has 0 radical (unpaired) electrons. The van der Waals surface area contributed by atoms with E-state index in [0.717, 1.165) is 16.8 Å². The summed E-state index contributed by atoms with van der Waals surface area (Å²) in [4.78, 5) is 5.09. The highest BCUT2D eigenvalue weighted by atomic mass is 19.4. The lowest BCUT2D eigenvalue weighted by Crippen LogP contribution is -2.12. The van der Waals surface area contributed by atoms with E-state index in [9.17, 15) is 13.2 Å². The summed E-state index contributed by atoms with van der Waals surface area (Å²) in [5.74, 6) is 0. The molecule has 5 heteroatoms. The van der Waals surface area contributed by atoms with Crippen molar-refractivity contribution in [3.8, 4) is 11.3 Å². The molecular formula is C18H17F3N2. The minimum absolute atomic E-state index is 0.297. The summed E-state index contributed by atoms with van der Waals surface area (Å²) < 4.78 is 39.0. The van der Waals surface area contributed by atoms with Crippen LogP contribution < -0.4 is 4.90 Å². The largest absolute Gasteiger partial charge is 0.393 e. The second-order valence-electron chi connectivity index (χ2n) is 5.76. The Balaban J connectivity index is 2.14. The van der Waals surface area contributed by atoms with Gasteiger partial charge < -0.3 is 9.88 Å². The van der Waals surface area contributed by atoms with Gasteiger partial charge in [-0.25, -0.2) is 0 Å². The number of anilines is 1. The number of nitrogens with one attached hydrogen (secondary N) is 1. The molecule has 3 rings (SSSR count). The number of H-pyrrole nitrogens is 1. The van der Waals surface area contributed by atoms with Gasteiger partial charge in [-0.05, 0) is 29.3 Å². The first-order chi connectivity index (χ1) is 10.8. The van der Waals surface area contributed by atoms with Gasteiger partial charge in [0.15, 0.2) is 0 Å². The van der Waals surface area contributed by atoms with Crippen molar-refractivity contribution in [3.05, 3.63) is 54.1 Å². The van der Waals surface area contributed by atoms with Crippen LogP contribution in [0.15, 0.2) is 48.5 Å². The van der Waals surface area contributed by atoms with Crippen LogP contribution in [0.1, 0.15) is 5.56 Å². The van der Waals surface area contributed by atoms with Crippen LogP contribution in [-0.2, 0) is 6.42 Å². The lowest BCUT2D eigenvalue weighted by atomic mass is 10.0. The predicted molar refractivity (Wildman–Crippen MR) is 87.8 cm³/mol. The first-order valence-electron chi connectivity index (χ1n) is 7.29. The smallest absolute Gasteiger partial charge is 0.378 e. The topological polar surface area (TPSA) is 19.0 Å². The summed E-state index contributed by atoms with van der Waals surface area (Å²) in [6.45, 7) is 0. The molecule has 120 valence electrons. The minimum atomic E-state index is -4.25. The summed E-state index contributed by atoms with van der Waals surface area (Å²) in [6.07, 6.45) is -5.19.